The SMILES string of the molecule is O=C=NC1(c2c(O)ccc(Br)c2F)CCC1. The normalized spacial score (nSPS) is 17.4. The van der Waals surface area contributed by atoms with Gasteiger partial charge in [-0.25, -0.2) is 9.18 Å². The molecule has 0 heterocycles. The monoisotopic (exact) mass is 285 g/mol. The van der Waals surface area contributed by atoms with Crippen LogP contribution in [-0.4, -0.2) is 11.2 Å². The van der Waals surface area contributed by atoms with Crippen molar-refractivity contribution in [3.8, 4) is 5.75 Å². The molecule has 0 spiro atoms. The molecule has 0 aromatic heterocycles. The fourth-order valence-corrected chi connectivity index (χ4v) is 2.33. The molecule has 84 valence electrons. The fourth-order valence-electron chi connectivity index (χ4n) is 2.00. The molecule has 1 saturated carbocycles. The quantitative estimate of drug-likeness (QED) is 0.671. The summed E-state index contributed by atoms with van der Waals surface area (Å²) in [6.45, 7) is 0. The van der Waals surface area contributed by atoms with Gasteiger partial charge in [-0.05, 0) is 47.3 Å². The van der Waals surface area contributed by atoms with Crippen molar-refractivity contribution in [1.29, 1.82) is 0 Å². The van der Waals surface area contributed by atoms with Crippen molar-refractivity contribution in [2.45, 2.75) is 24.8 Å². The lowest BCUT2D eigenvalue weighted by Gasteiger charge is -2.37. The number of halogens is 2. The van der Waals surface area contributed by atoms with Gasteiger partial charge < -0.3 is 5.11 Å². The lowest BCUT2D eigenvalue weighted by atomic mass is 9.72. The molecule has 1 aliphatic carbocycles. The summed E-state index contributed by atoms with van der Waals surface area (Å²) in [7, 11) is 0. The van der Waals surface area contributed by atoms with Crippen LogP contribution in [0.5, 0.6) is 5.75 Å². The summed E-state index contributed by atoms with van der Waals surface area (Å²) in [5.41, 5.74) is -0.823. The van der Waals surface area contributed by atoms with Crippen LogP contribution in [0.3, 0.4) is 0 Å². The van der Waals surface area contributed by atoms with Crippen LogP contribution < -0.4 is 0 Å². The largest absolute Gasteiger partial charge is 0.507 e. The zero-order valence-electron chi connectivity index (χ0n) is 8.33. The maximum Gasteiger partial charge on any atom is 0.235 e. The van der Waals surface area contributed by atoms with Gasteiger partial charge in [0.05, 0.1) is 10.0 Å². The Kier molecular flexibility index (Phi) is 2.82. The number of isocyanates is 1. The lowest BCUT2D eigenvalue weighted by molar-refractivity contribution is 0.238. The first kappa shape index (κ1) is 11.3. The molecule has 1 N–H and O–H groups in total. The molecule has 1 aromatic rings. The number of carbonyl (C=O) groups excluding carboxylic acids is 1. The number of hydrogen-bond acceptors (Lipinski definition) is 3. The molecule has 0 radical (unpaired) electrons. The second-order valence-corrected chi connectivity index (χ2v) is 4.70. The molecule has 0 saturated heterocycles. The maximum absolute atomic E-state index is 13.9. The van der Waals surface area contributed by atoms with Crippen LogP contribution in [0, 0.1) is 5.82 Å². The summed E-state index contributed by atoms with van der Waals surface area (Å²) in [5.74, 6) is -0.724. The maximum atomic E-state index is 13.9. The van der Waals surface area contributed by atoms with Gasteiger partial charge in [0.15, 0.2) is 0 Å². The Morgan fingerprint density at radius 3 is 2.69 bits per heavy atom. The minimum atomic E-state index is -0.917. The standard InChI is InChI=1S/C11H9BrFNO2/c12-7-2-3-8(16)9(10(7)13)11(14-6-15)4-1-5-11/h2-3,16H,1,4-5H2. The predicted octanol–water partition coefficient (Wildman–Crippen LogP) is 3.01. The van der Waals surface area contributed by atoms with Gasteiger partial charge in [-0.1, -0.05) is 0 Å². The van der Waals surface area contributed by atoms with Crippen molar-refractivity contribution in [3.63, 3.8) is 0 Å². The number of hydrogen-bond donors (Lipinski definition) is 1. The van der Waals surface area contributed by atoms with E-state index in [0.29, 0.717) is 12.8 Å². The van der Waals surface area contributed by atoms with Crippen LogP contribution in [0.15, 0.2) is 21.6 Å². The van der Waals surface area contributed by atoms with Crippen molar-refractivity contribution in [2.75, 3.05) is 0 Å². The number of benzene rings is 1. The van der Waals surface area contributed by atoms with Gasteiger partial charge >= 0.3 is 0 Å². The molecule has 0 atom stereocenters. The number of phenolic OH excluding ortho intramolecular Hbond substituents is 1. The van der Waals surface area contributed by atoms with E-state index in [4.69, 9.17) is 0 Å². The smallest absolute Gasteiger partial charge is 0.235 e. The molecule has 0 unspecified atom stereocenters. The second-order valence-electron chi connectivity index (χ2n) is 3.84. The fraction of sp³-hybridized carbons (Fsp3) is 0.364. The Morgan fingerprint density at radius 2 is 2.19 bits per heavy atom. The van der Waals surface area contributed by atoms with Crippen molar-refractivity contribution in [2.24, 2.45) is 4.99 Å². The van der Waals surface area contributed by atoms with Crippen molar-refractivity contribution in [1.82, 2.24) is 0 Å². The Labute approximate surface area is 100 Å². The first-order valence-electron chi connectivity index (χ1n) is 4.87. The lowest BCUT2D eigenvalue weighted by Crippen LogP contribution is -2.33. The van der Waals surface area contributed by atoms with Crippen molar-refractivity contribution < 1.29 is 14.3 Å². The highest BCUT2D eigenvalue weighted by atomic mass is 79.9. The van der Waals surface area contributed by atoms with Crippen LogP contribution in [0.2, 0.25) is 0 Å². The van der Waals surface area contributed by atoms with Gasteiger partial charge in [-0.2, -0.15) is 4.99 Å². The molecule has 0 amide bonds. The van der Waals surface area contributed by atoms with E-state index in [2.05, 4.69) is 20.9 Å². The van der Waals surface area contributed by atoms with E-state index in [0.717, 1.165) is 6.42 Å². The number of phenols is 1. The Balaban J connectivity index is 2.62. The molecule has 1 aliphatic rings. The number of rotatable bonds is 2. The van der Waals surface area contributed by atoms with Crippen LogP contribution in [0.1, 0.15) is 24.8 Å². The zero-order chi connectivity index (χ0) is 11.8. The molecule has 0 aliphatic heterocycles. The average Bonchev–Trinajstić information content (AvgIpc) is 2.20. The van der Waals surface area contributed by atoms with Gasteiger partial charge in [-0.15, -0.1) is 0 Å². The highest BCUT2D eigenvalue weighted by Gasteiger charge is 2.43. The first-order chi connectivity index (χ1) is 7.60. The minimum absolute atomic E-state index is 0.0940. The van der Waals surface area contributed by atoms with E-state index in [1.54, 1.807) is 0 Å². The highest BCUT2D eigenvalue weighted by Crippen LogP contribution is 2.49. The third-order valence-corrected chi connectivity index (χ3v) is 3.59. The van der Waals surface area contributed by atoms with Crippen LogP contribution in [0.4, 0.5) is 4.39 Å². The average molecular weight is 286 g/mol. The van der Waals surface area contributed by atoms with Gasteiger partial charge in [0, 0.05) is 0 Å². The molecule has 1 fully saturated rings. The summed E-state index contributed by atoms with van der Waals surface area (Å²) >= 11 is 3.05. The molecular weight excluding hydrogens is 277 g/mol. The molecular formula is C11H9BrFNO2. The van der Waals surface area contributed by atoms with Crippen molar-refractivity contribution >= 4 is 22.0 Å². The van der Waals surface area contributed by atoms with Gasteiger partial charge in [0.25, 0.3) is 0 Å². The van der Waals surface area contributed by atoms with Crippen LogP contribution in [-0.2, 0) is 10.3 Å². The summed E-state index contributed by atoms with van der Waals surface area (Å²) in [6.07, 6.45) is 3.44. The number of aliphatic imine (C=N–C) groups is 1. The third-order valence-electron chi connectivity index (χ3n) is 2.98. The van der Waals surface area contributed by atoms with Crippen LogP contribution >= 0.6 is 15.9 Å². The summed E-state index contributed by atoms with van der Waals surface area (Å²) in [5, 5.41) is 9.69. The molecule has 5 heteroatoms. The van der Waals surface area contributed by atoms with Gasteiger partial charge in [0.1, 0.15) is 17.1 Å². The van der Waals surface area contributed by atoms with Crippen LogP contribution in [0.25, 0.3) is 0 Å². The molecule has 2 rings (SSSR count). The second kappa shape index (κ2) is 4.00. The summed E-state index contributed by atoms with van der Waals surface area (Å²) in [6, 6.07) is 2.81. The number of nitrogens with zero attached hydrogens (tertiary/aromatic N) is 1. The number of aromatic hydroxyl groups is 1. The van der Waals surface area contributed by atoms with Crippen molar-refractivity contribution in [3.05, 3.63) is 28.0 Å². The molecule has 1 aromatic carbocycles. The van der Waals surface area contributed by atoms with E-state index >= 15 is 0 Å². The Hall–Kier alpha value is -1.19. The van der Waals surface area contributed by atoms with E-state index < -0.39 is 11.4 Å². The Morgan fingerprint density at radius 1 is 1.50 bits per heavy atom. The zero-order valence-corrected chi connectivity index (χ0v) is 9.92. The molecule has 3 nitrogen and oxygen atoms in total. The predicted molar refractivity (Wildman–Crippen MR) is 59.4 cm³/mol. The van der Waals surface area contributed by atoms with E-state index in [9.17, 15) is 14.3 Å². The summed E-state index contributed by atoms with van der Waals surface area (Å²) < 4.78 is 14.2. The highest BCUT2D eigenvalue weighted by molar-refractivity contribution is 9.10. The van der Waals surface area contributed by atoms with E-state index in [1.165, 1.54) is 18.2 Å². The van der Waals surface area contributed by atoms with Gasteiger partial charge in [-0.3, -0.25) is 0 Å². The first-order valence-corrected chi connectivity index (χ1v) is 5.66. The summed E-state index contributed by atoms with van der Waals surface area (Å²) in [4.78, 5) is 14.1. The topological polar surface area (TPSA) is 49.7 Å². The third kappa shape index (κ3) is 1.56. The Bertz CT molecular complexity index is 479. The minimum Gasteiger partial charge on any atom is -0.507 e. The van der Waals surface area contributed by atoms with E-state index in [-0.39, 0.29) is 15.8 Å². The molecule has 0 bridgehead atoms. The van der Waals surface area contributed by atoms with E-state index in [1.807, 2.05) is 0 Å². The molecule has 16 heavy (non-hydrogen) atoms. The van der Waals surface area contributed by atoms with Gasteiger partial charge in [0.2, 0.25) is 6.08 Å².